The van der Waals surface area contributed by atoms with Gasteiger partial charge in [0.15, 0.2) is 0 Å². The maximum absolute atomic E-state index is 12.2. The second kappa shape index (κ2) is 5.92. The van der Waals surface area contributed by atoms with Crippen molar-refractivity contribution < 1.29 is 13.2 Å². The van der Waals surface area contributed by atoms with Crippen LogP contribution < -0.4 is 5.73 Å². The Morgan fingerprint density at radius 3 is 2.56 bits per heavy atom. The number of nitrogens with two attached hydrogens (primary N) is 1. The number of hydrogen-bond acceptors (Lipinski definition) is 4. The molecule has 96 valence electrons. The average Bonchev–Trinajstić information content (AvgIpc) is 2.30. The monoisotopic (exact) mass is 251 g/mol. The highest BCUT2D eigenvalue weighted by Gasteiger charge is 2.32. The van der Waals surface area contributed by atoms with Crippen LogP contribution >= 0.6 is 0 Å². The van der Waals surface area contributed by atoms with Crippen molar-refractivity contribution in [3.8, 4) is 0 Å². The van der Waals surface area contributed by atoms with E-state index in [1.165, 1.54) is 8.61 Å². The molecule has 0 radical (unpaired) electrons. The molecule has 0 aliphatic carbocycles. The van der Waals surface area contributed by atoms with Gasteiger partial charge in [0, 0.05) is 32.7 Å². The third-order valence-electron chi connectivity index (χ3n) is 2.72. The molecular formula is C9H21N3O3S. The van der Waals surface area contributed by atoms with Crippen LogP contribution in [0.4, 0.5) is 0 Å². The van der Waals surface area contributed by atoms with Gasteiger partial charge in [0.05, 0.1) is 12.7 Å². The van der Waals surface area contributed by atoms with Crippen LogP contribution in [0, 0.1) is 0 Å². The van der Waals surface area contributed by atoms with E-state index in [0.717, 1.165) is 0 Å². The summed E-state index contributed by atoms with van der Waals surface area (Å²) in [6.07, 6.45) is -0.181. The lowest BCUT2D eigenvalue weighted by molar-refractivity contribution is 0.00279. The molecule has 1 aliphatic heterocycles. The standard InChI is InChI=1S/C9H21N3O3S/c1-3-11(4-2)16(13,14)12-5-6-15-9(7-10)8-12/h9H,3-8,10H2,1-2H3. The molecule has 0 aromatic heterocycles. The highest BCUT2D eigenvalue weighted by atomic mass is 32.2. The van der Waals surface area contributed by atoms with E-state index in [2.05, 4.69) is 0 Å². The first kappa shape index (κ1) is 13.9. The summed E-state index contributed by atoms with van der Waals surface area (Å²) < 4.78 is 32.6. The van der Waals surface area contributed by atoms with Crippen LogP contribution in [0.1, 0.15) is 13.8 Å². The zero-order chi connectivity index (χ0) is 12.2. The van der Waals surface area contributed by atoms with Crippen molar-refractivity contribution in [2.45, 2.75) is 20.0 Å². The van der Waals surface area contributed by atoms with Crippen molar-refractivity contribution in [3.63, 3.8) is 0 Å². The SMILES string of the molecule is CCN(CC)S(=O)(=O)N1CCOC(CN)C1. The third kappa shape index (κ3) is 2.92. The molecule has 1 saturated heterocycles. The van der Waals surface area contributed by atoms with Gasteiger partial charge in [-0.2, -0.15) is 17.0 Å². The molecule has 6 nitrogen and oxygen atoms in total. The number of rotatable bonds is 5. The normalized spacial score (nSPS) is 23.9. The van der Waals surface area contributed by atoms with Gasteiger partial charge in [0.2, 0.25) is 0 Å². The number of hydrogen-bond donors (Lipinski definition) is 1. The maximum Gasteiger partial charge on any atom is 0.282 e. The lowest BCUT2D eigenvalue weighted by Crippen LogP contribution is -2.52. The van der Waals surface area contributed by atoms with Gasteiger partial charge in [-0.1, -0.05) is 13.8 Å². The van der Waals surface area contributed by atoms with Crippen LogP contribution in [-0.4, -0.2) is 62.5 Å². The molecule has 0 aromatic carbocycles. The molecule has 1 rings (SSSR count). The first-order valence-electron chi connectivity index (χ1n) is 5.63. The fourth-order valence-electron chi connectivity index (χ4n) is 1.76. The minimum Gasteiger partial charge on any atom is -0.374 e. The van der Waals surface area contributed by atoms with Gasteiger partial charge in [-0.05, 0) is 0 Å². The molecular weight excluding hydrogens is 230 g/mol. The molecule has 0 saturated carbocycles. The van der Waals surface area contributed by atoms with Gasteiger partial charge in [0.1, 0.15) is 0 Å². The van der Waals surface area contributed by atoms with Crippen molar-refractivity contribution in [2.75, 3.05) is 39.3 Å². The predicted octanol–water partition coefficient (Wildman–Crippen LogP) is -0.767. The summed E-state index contributed by atoms with van der Waals surface area (Å²) in [5.74, 6) is 0. The van der Waals surface area contributed by atoms with E-state index in [0.29, 0.717) is 39.3 Å². The van der Waals surface area contributed by atoms with E-state index in [1.54, 1.807) is 0 Å². The van der Waals surface area contributed by atoms with Crippen LogP contribution in [0.15, 0.2) is 0 Å². The molecule has 16 heavy (non-hydrogen) atoms. The van der Waals surface area contributed by atoms with Crippen molar-refractivity contribution in [1.82, 2.24) is 8.61 Å². The fraction of sp³-hybridized carbons (Fsp3) is 1.00. The highest BCUT2D eigenvalue weighted by Crippen LogP contribution is 2.13. The number of ether oxygens (including phenoxy) is 1. The van der Waals surface area contributed by atoms with Gasteiger partial charge in [0.25, 0.3) is 10.2 Å². The Balaban J connectivity index is 2.75. The Kier molecular flexibility index (Phi) is 5.13. The third-order valence-corrected chi connectivity index (χ3v) is 4.88. The van der Waals surface area contributed by atoms with Crippen LogP contribution in [0.2, 0.25) is 0 Å². The Hall–Kier alpha value is -0.210. The second-order valence-corrected chi connectivity index (χ2v) is 5.61. The molecule has 1 aliphatic rings. The predicted molar refractivity (Wildman–Crippen MR) is 62.2 cm³/mol. The largest absolute Gasteiger partial charge is 0.374 e. The minimum atomic E-state index is -3.34. The summed E-state index contributed by atoms with van der Waals surface area (Å²) in [5.41, 5.74) is 5.49. The smallest absolute Gasteiger partial charge is 0.282 e. The van der Waals surface area contributed by atoms with Crippen molar-refractivity contribution in [3.05, 3.63) is 0 Å². The van der Waals surface area contributed by atoms with E-state index < -0.39 is 10.2 Å². The zero-order valence-corrected chi connectivity index (χ0v) is 10.7. The lowest BCUT2D eigenvalue weighted by atomic mass is 10.3. The highest BCUT2D eigenvalue weighted by molar-refractivity contribution is 7.86. The van der Waals surface area contributed by atoms with E-state index in [1.807, 2.05) is 13.8 Å². The molecule has 0 spiro atoms. The first-order valence-corrected chi connectivity index (χ1v) is 7.02. The lowest BCUT2D eigenvalue weighted by Gasteiger charge is -2.34. The van der Waals surface area contributed by atoms with Crippen LogP contribution in [0.3, 0.4) is 0 Å². The molecule has 1 heterocycles. The average molecular weight is 251 g/mol. The van der Waals surface area contributed by atoms with Gasteiger partial charge < -0.3 is 10.5 Å². The minimum absolute atomic E-state index is 0.181. The summed E-state index contributed by atoms with van der Waals surface area (Å²) in [4.78, 5) is 0. The summed E-state index contributed by atoms with van der Waals surface area (Å²) in [5, 5.41) is 0. The molecule has 1 unspecified atom stereocenters. The van der Waals surface area contributed by atoms with E-state index in [4.69, 9.17) is 10.5 Å². The summed E-state index contributed by atoms with van der Waals surface area (Å²) in [7, 11) is -3.34. The zero-order valence-electron chi connectivity index (χ0n) is 9.92. The number of morpholine rings is 1. The Bertz CT molecular complexity index is 303. The summed E-state index contributed by atoms with van der Waals surface area (Å²) in [6.45, 7) is 6.19. The first-order chi connectivity index (χ1) is 7.56. The summed E-state index contributed by atoms with van der Waals surface area (Å²) >= 11 is 0. The fourth-order valence-corrected chi connectivity index (χ4v) is 3.40. The Morgan fingerprint density at radius 1 is 1.44 bits per heavy atom. The van der Waals surface area contributed by atoms with Crippen LogP contribution in [0.25, 0.3) is 0 Å². The maximum atomic E-state index is 12.2. The summed E-state index contributed by atoms with van der Waals surface area (Å²) in [6, 6.07) is 0. The van der Waals surface area contributed by atoms with Crippen molar-refractivity contribution in [2.24, 2.45) is 5.73 Å². The van der Waals surface area contributed by atoms with E-state index in [9.17, 15) is 8.42 Å². The van der Waals surface area contributed by atoms with Gasteiger partial charge in [-0.25, -0.2) is 0 Å². The Labute approximate surface area is 97.5 Å². The van der Waals surface area contributed by atoms with Gasteiger partial charge in [-0.15, -0.1) is 0 Å². The molecule has 0 aromatic rings. The number of nitrogens with zero attached hydrogens (tertiary/aromatic N) is 2. The van der Waals surface area contributed by atoms with Gasteiger partial charge in [-0.3, -0.25) is 0 Å². The van der Waals surface area contributed by atoms with E-state index in [-0.39, 0.29) is 6.10 Å². The molecule has 0 amide bonds. The topological polar surface area (TPSA) is 75.9 Å². The molecule has 0 bridgehead atoms. The van der Waals surface area contributed by atoms with Crippen LogP contribution in [0.5, 0.6) is 0 Å². The molecule has 2 N–H and O–H groups in total. The van der Waals surface area contributed by atoms with Gasteiger partial charge >= 0.3 is 0 Å². The van der Waals surface area contributed by atoms with Crippen molar-refractivity contribution in [1.29, 1.82) is 0 Å². The second-order valence-electron chi connectivity index (χ2n) is 3.68. The van der Waals surface area contributed by atoms with E-state index >= 15 is 0 Å². The Morgan fingerprint density at radius 2 is 2.06 bits per heavy atom. The molecule has 1 fully saturated rings. The van der Waals surface area contributed by atoms with Crippen molar-refractivity contribution >= 4 is 10.2 Å². The molecule has 1 atom stereocenters. The molecule has 7 heteroatoms. The quantitative estimate of drug-likeness (QED) is 0.696. The van der Waals surface area contributed by atoms with Crippen LogP contribution in [-0.2, 0) is 14.9 Å².